The maximum absolute atomic E-state index is 12.8. The summed E-state index contributed by atoms with van der Waals surface area (Å²) in [6.07, 6.45) is 5.15. The molecule has 0 saturated heterocycles. The first-order valence-electron chi connectivity index (χ1n) is 9.52. The molecule has 1 fully saturated rings. The number of thiophene rings is 1. The van der Waals surface area contributed by atoms with Crippen LogP contribution in [0.5, 0.6) is 0 Å². The first-order valence-corrected chi connectivity index (χ1v) is 10.4. The van der Waals surface area contributed by atoms with E-state index in [0.29, 0.717) is 25.3 Å². The number of fused-ring (bicyclic) bond motifs is 1. The zero-order valence-corrected chi connectivity index (χ0v) is 16.3. The van der Waals surface area contributed by atoms with Crippen LogP contribution in [0.2, 0.25) is 0 Å². The number of nitrogens with zero attached hydrogens (tertiary/aromatic N) is 3. The highest BCUT2D eigenvalue weighted by atomic mass is 32.1. The van der Waals surface area contributed by atoms with Crippen LogP contribution in [0.4, 0.5) is 0 Å². The van der Waals surface area contributed by atoms with E-state index in [0.717, 1.165) is 40.6 Å². The van der Waals surface area contributed by atoms with Crippen molar-refractivity contribution in [1.29, 1.82) is 0 Å². The van der Waals surface area contributed by atoms with E-state index in [4.69, 9.17) is 9.72 Å². The first-order chi connectivity index (χ1) is 13.3. The minimum absolute atomic E-state index is 0.0851. The Morgan fingerprint density at radius 3 is 3.07 bits per heavy atom. The zero-order valence-electron chi connectivity index (χ0n) is 15.5. The van der Waals surface area contributed by atoms with Crippen molar-refractivity contribution < 1.29 is 9.53 Å². The summed E-state index contributed by atoms with van der Waals surface area (Å²) < 4.78 is 7.46. The maximum atomic E-state index is 12.8. The van der Waals surface area contributed by atoms with Crippen LogP contribution < -0.4 is 5.32 Å². The fourth-order valence-electron chi connectivity index (χ4n) is 3.02. The van der Waals surface area contributed by atoms with Crippen LogP contribution in [0.1, 0.15) is 36.5 Å². The molecule has 0 bridgehead atoms. The lowest BCUT2D eigenvalue weighted by Crippen LogP contribution is -2.25. The van der Waals surface area contributed by atoms with Gasteiger partial charge in [0.15, 0.2) is 5.65 Å². The zero-order chi connectivity index (χ0) is 18.6. The summed E-state index contributed by atoms with van der Waals surface area (Å²) in [5, 5.41) is 10.2. The lowest BCUT2D eigenvalue weighted by atomic mass is 10.1. The Balaban J connectivity index is 1.48. The lowest BCUT2D eigenvalue weighted by molar-refractivity contribution is 0.0939. The van der Waals surface area contributed by atoms with Crippen molar-refractivity contribution >= 4 is 28.3 Å². The van der Waals surface area contributed by atoms with Gasteiger partial charge >= 0.3 is 0 Å². The van der Waals surface area contributed by atoms with Gasteiger partial charge in [-0.1, -0.05) is 6.07 Å². The summed E-state index contributed by atoms with van der Waals surface area (Å²) in [5.74, 6) is 0.688. The summed E-state index contributed by atoms with van der Waals surface area (Å²) in [6, 6.07) is 5.88. The Bertz CT molecular complexity index is 916. The number of rotatable bonds is 9. The molecule has 3 aromatic rings. The largest absolute Gasteiger partial charge is 0.381 e. The number of aryl methyl sites for hydroxylation is 1. The van der Waals surface area contributed by atoms with E-state index in [1.807, 2.05) is 35.2 Å². The van der Waals surface area contributed by atoms with Crippen molar-refractivity contribution in [3.05, 3.63) is 35.3 Å². The van der Waals surface area contributed by atoms with E-state index in [9.17, 15) is 4.79 Å². The highest BCUT2D eigenvalue weighted by molar-refractivity contribution is 7.13. The molecule has 0 unspecified atom stereocenters. The molecular formula is C20H24N4O2S. The fourth-order valence-corrected chi connectivity index (χ4v) is 3.71. The van der Waals surface area contributed by atoms with E-state index < -0.39 is 0 Å². The molecule has 6 nitrogen and oxygen atoms in total. The number of hydrogen-bond donors (Lipinski definition) is 1. The molecule has 3 heterocycles. The topological polar surface area (TPSA) is 69.0 Å². The van der Waals surface area contributed by atoms with Gasteiger partial charge in [-0.3, -0.25) is 4.79 Å². The number of hydrogen-bond acceptors (Lipinski definition) is 5. The molecular weight excluding hydrogens is 360 g/mol. The molecule has 0 aliphatic heterocycles. The number of aromatic nitrogens is 3. The second kappa shape index (κ2) is 8.19. The summed E-state index contributed by atoms with van der Waals surface area (Å²) >= 11 is 1.61. The molecule has 0 spiro atoms. The number of pyridine rings is 1. The fraction of sp³-hybridized carbons (Fsp3) is 0.450. The van der Waals surface area contributed by atoms with Crippen molar-refractivity contribution in [1.82, 2.24) is 20.1 Å². The summed E-state index contributed by atoms with van der Waals surface area (Å²) in [5.41, 5.74) is 2.19. The SMILES string of the molecule is CCn1ncc2c(C(=O)NCCCOCC3CC3)cc(-c3cccs3)nc21. The van der Waals surface area contributed by atoms with Crippen LogP contribution in [0, 0.1) is 5.92 Å². The van der Waals surface area contributed by atoms with Gasteiger partial charge in [-0.25, -0.2) is 9.67 Å². The van der Waals surface area contributed by atoms with E-state index in [1.165, 1.54) is 12.8 Å². The van der Waals surface area contributed by atoms with Gasteiger partial charge in [0.1, 0.15) is 0 Å². The molecule has 4 rings (SSSR count). The summed E-state index contributed by atoms with van der Waals surface area (Å²) in [6.45, 7) is 4.89. The Morgan fingerprint density at radius 2 is 2.33 bits per heavy atom. The van der Waals surface area contributed by atoms with Gasteiger partial charge in [-0.2, -0.15) is 5.10 Å². The number of carbonyl (C=O) groups excluding carboxylic acids is 1. The van der Waals surface area contributed by atoms with E-state index in [1.54, 1.807) is 17.5 Å². The number of carbonyl (C=O) groups is 1. The predicted molar refractivity (Wildman–Crippen MR) is 107 cm³/mol. The standard InChI is InChI=1S/C20H24N4O2S/c1-2-24-19-16(12-22-24)15(11-17(23-19)18-5-3-10-27-18)20(25)21-8-4-9-26-13-14-6-7-14/h3,5,10-12,14H,2,4,6-9,13H2,1H3,(H,21,25). The third kappa shape index (κ3) is 4.20. The van der Waals surface area contributed by atoms with E-state index >= 15 is 0 Å². The number of amides is 1. The lowest BCUT2D eigenvalue weighted by Gasteiger charge is -2.09. The molecule has 1 aliphatic rings. The quantitative estimate of drug-likeness (QED) is 0.571. The highest BCUT2D eigenvalue weighted by Crippen LogP contribution is 2.29. The molecule has 0 radical (unpaired) electrons. The first kappa shape index (κ1) is 18.1. The summed E-state index contributed by atoms with van der Waals surface area (Å²) in [4.78, 5) is 18.6. The minimum Gasteiger partial charge on any atom is -0.381 e. The molecule has 142 valence electrons. The third-order valence-corrected chi connectivity index (χ3v) is 5.62. The molecule has 3 aromatic heterocycles. The maximum Gasteiger partial charge on any atom is 0.252 e. The third-order valence-electron chi connectivity index (χ3n) is 4.73. The van der Waals surface area contributed by atoms with Gasteiger partial charge in [0.05, 0.1) is 27.7 Å². The molecule has 1 aliphatic carbocycles. The van der Waals surface area contributed by atoms with Crippen LogP contribution in [0.3, 0.4) is 0 Å². The normalized spacial score (nSPS) is 14.0. The molecule has 1 amide bonds. The summed E-state index contributed by atoms with van der Waals surface area (Å²) in [7, 11) is 0. The van der Waals surface area contributed by atoms with Crippen molar-refractivity contribution in [3.8, 4) is 10.6 Å². The molecule has 0 atom stereocenters. The van der Waals surface area contributed by atoms with Gasteiger partial charge in [0, 0.05) is 26.3 Å². The van der Waals surface area contributed by atoms with Crippen LogP contribution in [-0.2, 0) is 11.3 Å². The second-order valence-electron chi connectivity index (χ2n) is 6.86. The minimum atomic E-state index is -0.0851. The van der Waals surface area contributed by atoms with Gasteiger partial charge < -0.3 is 10.1 Å². The smallest absolute Gasteiger partial charge is 0.252 e. The van der Waals surface area contributed by atoms with Gasteiger partial charge in [0.2, 0.25) is 0 Å². The Kier molecular flexibility index (Phi) is 5.50. The van der Waals surface area contributed by atoms with E-state index in [2.05, 4.69) is 10.4 Å². The highest BCUT2D eigenvalue weighted by Gasteiger charge is 2.21. The monoisotopic (exact) mass is 384 g/mol. The number of nitrogens with one attached hydrogen (secondary N) is 1. The van der Waals surface area contributed by atoms with Crippen molar-refractivity contribution in [2.24, 2.45) is 5.92 Å². The van der Waals surface area contributed by atoms with Crippen LogP contribution >= 0.6 is 11.3 Å². The number of ether oxygens (including phenoxy) is 1. The molecule has 1 N–H and O–H groups in total. The Hall–Kier alpha value is -2.25. The molecule has 7 heteroatoms. The average molecular weight is 385 g/mol. The molecule has 27 heavy (non-hydrogen) atoms. The van der Waals surface area contributed by atoms with Crippen LogP contribution in [-0.4, -0.2) is 40.4 Å². The Morgan fingerprint density at radius 1 is 1.44 bits per heavy atom. The predicted octanol–water partition coefficient (Wildman–Crippen LogP) is 3.73. The van der Waals surface area contributed by atoms with Gasteiger partial charge in [-0.15, -0.1) is 11.3 Å². The van der Waals surface area contributed by atoms with Crippen LogP contribution in [0.15, 0.2) is 29.8 Å². The van der Waals surface area contributed by atoms with Crippen LogP contribution in [0.25, 0.3) is 21.6 Å². The molecule has 0 aromatic carbocycles. The van der Waals surface area contributed by atoms with Crippen molar-refractivity contribution in [3.63, 3.8) is 0 Å². The van der Waals surface area contributed by atoms with E-state index in [-0.39, 0.29) is 5.91 Å². The van der Waals surface area contributed by atoms with Gasteiger partial charge in [0.25, 0.3) is 5.91 Å². The second-order valence-corrected chi connectivity index (χ2v) is 7.81. The molecule has 1 saturated carbocycles. The van der Waals surface area contributed by atoms with Gasteiger partial charge in [-0.05, 0) is 49.6 Å². The Labute approximate surface area is 162 Å². The van der Waals surface area contributed by atoms with Crippen molar-refractivity contribution in [2.75, 3.05) is 19.8 Å². The van der Waals surface area contributed by atoms with Crippen molar-refractivity contribution in [2.45, 2.75) is 32.7 Å². The average Bonchev–Trinajstić information content (AvgIpc) is 3.18.